The summed E-state index contributed by atoms with van der Waals surface area (Å²) in [5.74, 6) is -1.36. The maximum atomic E-state index is 13.6. The fourth-order valence-corrected chi connectivity index (χ4v) is 2.04. The van der Waals surface area contributed by atoms with Crippen molar-refractivity contribution in [2.24, 2.45) is 0 Å². The summed E-state index contributed by atoms with van der Waals surface area (Å²) in [5.41, 5.74) is -0.0997. The molecule has 1 heterocycles. The van der Waals surface area contributed by atoms with E-state index in [1.165, 1.54) is 12.1 Å². The van der Waals surface area contributed by atoms with E-state index in [2.05, 4.69) is 31.2 Å². The molecule has 0 aliphatic heterocycles. The Morgan fingerprint density at radius 1 is 1.26 bits per heavy atom. The number of carbonyl (C=O) groups is 1. The SMILES string of the molecule is O=C(Nc1c(Cl)ncnc1Cl)c1ccc(Br)cc1F. The van der Waals surface area contributed by atoms with Crippen molar-refractivity contribution in [2.75, 3.05) is 5.32 Å². The van der Waals surface area contributed by atoms with Gasteiger partial charge in [0.15, 0.2) is 10.3 Å². The summed E-state index contributed by atoms with van der Waals surface area (Å²) < 4.78 is 14.1. The minimum Gasteiger partial charge on any atom is -0.317 e. The summed E-state index contributed by atoms with van der Waals surface area (Å²) in [5, 5.41) is 2.33. The molecule has 0 radical (unpaired) electrons. The molecule has 0 atom stereocenters. The van der Waals surface area contributed by atoms with Gasteiger partial charge in [-0.25, -0.2) is 14.4 Å². The first-order valence-corrected chi connectivity index (χ1v) is 6.46. The lowest BCUT2D eigenvalue weighted by atomic mass is 10.2. The van der Waals surface area contributed by atoms with Gasteiger partial charge in [0.1, 0.15) is 17.8 Å². The second kappa shape index (κ2) is 5.81. The number of rotatable bonds is 2. The molecular weight excluding hydrogens is 360 g/mol. The first-order valence-electron chi connectivity index (χ1n) is 4.91. The summed E-state index contributed by atoms with van der Waals surface area (Å²) in [6, 6.07) is 4.06. The molecule has 4 nitrogen and oxygen atoms in total. The summed E-state index contributed by atoms with van der Waals surface area (Å²) in [6.45, 7) is 0. The van der Waals surface area contributed by atoms with E-state index in [1.54, 1.807) is 6.07 Å². The van der Waals surface area contributed by atoms with Crippen LogP contribution in [-0.4, -0.2) is 15.9 Å². The Balaban J connectivity index is 2.31. The number of hydrogen-bond donors (Lipinski definition) is 1. The Kier molecular flexibility index (Phi) is 4.34. The molecule has 0 saturated heterocycles. The quantitative estimate of drug-likeness (QED) is 0.821. The van der Waals surface area contributed by atoms with E-state index in [1.807, 2.05) is 0 Å². The van der Waals surface area contributed by atoms with Gasteiger partial charge >= 0.3 is 0 Å². The fourth-order valence-electron chi connectivity index (χ4n) is 1.30. The number of halogens is 4. The van der Waals surface area contributed by atoms with Gasteiger partial charge < -0.3 is 5.32 Å². The normalized spacial score (nSPS) is 10.3. The largest absolute Gasteiger partial charge is 0.317 e. The molecule has 0 spiro atoms. The molecule has 98 valence electrons. The van der Waals surface area contributed by atoms with Crippen molar-refractivity contribution < 1.29 is 9.18 Å². The topological polar surface area (TPSA) is 54.9 Å². The molecule has 8 heteroatoms. The minimum atomic E-state index is -0.691. The number of aromatic nitrogens is 2. The van der Waals surface area contributed by atoms with E-state index in [0.29, 0.717) is 4.47 Å². The molecule has 0 bridgehead atoms. The smallest absolute Gasteiger partial charge is 0.258 e. The van der Waals surface area contributed by atoms with Crippen LogP contribution in [0.2, 0.25) is 10.3 Å². The van der Waals surface area contributed by atoms with Gasteiger partial charge in [-0.05, 0) is 18.2 Å². The van der Waals surface area contributed by atoms with Crippen molar-refractivity contribution in [1.82, 2.24) is 9.97 Å². The Morgan fingerprint density at radius 2 is 1.89 bits per heavy atom. The van der Waals surface area contributed by atoms with Crippen LogP contribution < -0.4 is 5.32 Å². The van der Waals surface area contributed by atoms with Gasteiger partial charge in [-0.2, -0.15) is 0 Å². The Bertz CT molecular complexity index is 634. The van der Waals surface area contributed by atoms with Crippen LogP contribution in [0.25, 0.3) is 0 Å². The van der Waals surface area contributed by atoms with Crippen LogP contribution in [0.3, 0.4) is 0 Å². The van der Waals surface area contributed by atoms with E-state index in [4.69, 9.17) is 23.2 Å². The van der Waals surface area contributed by atoms with E-state index >= 15 is 0 Å². The molecule has 1 N–H and O–H groups in total. The minimum absolute atomic E-state index is 0.0223. The molecule has 1 aromatic heterocycles. The first-order chi connectivity index (χ1) is 8.99. The maximum Gasteiger partial charge on any atom is 0.258 e. The predicted octanol–water partition coefficient (Wildman–Crippen LogP) is 3.94. The summed E-state index contributed by atoms with van der Waals surface area (Å²) in [7, 11) is 0. The van der Waals surface area contributed by atoms with E-state index in [-0.39, 0.29) is 21.6 Å². The Morgan fingerprint density at radius 3 is 2.47 bits per heavy atom. The summed E-state index contributed by atoms with van der Waals surface area (Å²) >= 11 is 14.7. The van der Waals surface area contributed by atoms with Crippen LogP contribution in [0.15, 0.2) is 29.0 Å². The number of nitrogens with zero attached hydrogens (tertiary/aromatic N) is 2. The number of amides is 1. The highest BCUT2D eigenvalue weighted by Gasteiger charge is 2.16. The average Bonchev–Trinajstić information content (AvgIpc) is 2.33. The van der Waals surface area contributed by atoms with Gasteiger partial charge in [-0.15, -0.1) is 0 Å². The van der Waals surface area contributed by atoms with Crippen molar-refractivity contribution in [2.45, 2.75) is 0 Å². The van der Waals surface area contributed by atoms with Crippen LogP contribution in [0.1, 0.15) is 10.4 Å². The highest BCUT2D eigenvalue weighted by Crippen LogP contribution is 2.26. The lowest BCUT2D eigenvalue weighted by Gasteiger charge is -2.08. The third kappa shape index (κ3) is 3.20. The molecule has 2 aromatic rings. The molecule has 0 unspecified atom stereocenters. The van der Waals surface area contributed by atoms with Crippen LogP contribution in [-0.2, 0) is 0 Å². The van der Waals surface area contributed by atoms with Crippen molar-refractivity contribution in [3.05, 3.63) is 50.7 Å². The second-order valence-electron chi connectivity index (χ2n) is 3.41. The summed E-state index contributed by atoms with van der Waals surface area (Å²) in [4.78, 5) is 19.3. The van der Waals surface area contributed by atoms with Gasteiger partial charge in [0.05, 0.1) is 5.56 Å². The fraction of sp³-hybridized carbons (Fsp3) is 0. The highest BCUT2D eigenvalue weighted by molar-refractivity contribution is 9.10. The number of anilines is 1. The van der Waals surface area contributed by atoms with Gasteiger partial charge in [0.25, 0.3) is 5.91 Å². The average molecular weight is 365 g/mol. The van der Waals surface area contributed by atoms with Crippen LogP contribution >= 0.6 is 39.1 Å². The lowest BCUT2D eigenvalue weighted by molar-refractivity contribution is 0.102. The van der Waals surface area contributed by atoms with Crippen molar-refractivity contribution in [3.8, 4) is 0 Å². The van der Waals surface area contributed by atoms with Crippen molar-refractivity contribution >= 4 is 50.7 Å². The number of nitrogens with one attached hydrogen (secondary N) is 1. The van der Waals surface area contributed by atoms with Crippen molar-refractivity contribution in [3.63, 3.8) is 0 Å². The predicted molar refractivity (Wildman–Crippen MR) is 74.1 cm³/mol. The van der Waals surface area contributed by atoms with Gasteiger partial charge in [0, 0.05) is 4.47 Å². The zero-order chi connectivity index (χ0) is 14.0. The molecule has 19 heavy (non-hydrogen) atoms. The lowest BCUT2D eigenvalue weighted by Crippen LogP contribution is -2.15. The highest BCUT2D eigenvalue weighted by atomic mass is 79.9. The number of benzene rings is 1. The van der Waals surface area contributed by atoms with Gasteiger partial charge in [-0.1, -0.05) is 39.1 Å². The third-order valence-corrected chi connectivity index (χ3v) is 3.24. The molecule has 1 amide bonds. The number of carbonyl (C=O) groups excluding carboxylic acids is 1. The Hall–Kier alpha value is -1.24. The Labute approximate surface area is 126 Å². The van der Waals surface area contributed by atoms with Crippen LogP contribution in [0, 0.1) is 5.82 Å². The molecule has 1 aromatic carbocycles. The van der Waals surface area contributed by atoms with E-state index in [9.17, 15) is 9.18 Å². The summed E-state index contributed by atoms with van der Waals surface area (Å²) in [6.07, 6.45) is 1.15. The molecular formula is C11H5BrCl2FN3O. The van der Waals surface area contributed by atoms with Crippen molar-refractivity contribution in [1.29, 1.82) is 0 Å². The molecule has 0 fully saturated rings. The molecule has 2 rings (SSSR count). The molecule has 0 saturated carbocycles. The van der Waals surface area contributed by atoms with E-state index in [0.717, 1.165) is 6.33 Å². The first kappa shape index (κ1) is 14.2. The van der Waals surface area contributed by atoms with Gasteiger partial charge in [0.2, 0.25) is 0 Å². The van der Waals surface area contributed by atoms with Crippen LogP contribution in [0.5, 0.6) is 0 Å². The third-order valence-electron chi connectivity index (χ3n) is 2.17. The van der Waals surface area contributed by atoms with E-state index < -0.39 is 11.7 Å². The maximum absolute atomic E-state index is 13.6. The zero-order valence-corrected chi connectivity index (χ0v) is 12.2. The molecule has 0 aliphatic rings. The second-order valence-corrected chi connectivity index (χ2v) is 5.04. The van der Waals surface area contributed by atoms with Crippen LogP contribution in [0.4, 0.5) is 10.1 Å². The number of hydrogen-bond acceptors (Lipinski definition) is 3. The zero-order valence-electron chi connectivity index (χ0n) is 9.12. The monoisotopic (exact) mass is 363 g/mol. The van der Waals surface area contributed by atoms with Gasteiger partial charge in [-0.3, -0.25) is 4.79 Å². The standard InChI is InChI=1S/C11H5BrCl2FN3O/c12-5-1-2-6(7(15)3-5)11(19)18-8-9(13)16-4-17-10(8)14/h1-4H,(H,18,19). The molecule has 0 aliphatic carbocycles.